The quantitative estimate of drug-likeness (QED) is 0.662. The van der Waals surface area contributed by atoms with Gasteiger partial charge in [-0.25, -0.2) is 4.39 Å². The van der Waals surface area contributed by atoms with E-state index >= 15 is 0 Å². The molecule has 4 rings (SSSR count). The summed E-state index contributed by atoms with van der Waals surface area (Å²) in [5.74, 6) is -0.0899. The Morgan fingerprint density at radius 1 is 1.19 bits per heavy atom. The maximum Gasteiger partial charge on any atom is 0.253 e. The van der Waals surface area contributed by atoms with E-state index in [1.807, 2.05) is 36.1 Å². The normalized spacial score (nSPS) is 17.1. The number of nitrogens with zero attached hydrogens (tertiary/aromatic N) is 3. The Hall–Kier alpha value is -2.60. The molecule has 1 aromatic heterocycles. The number of carbonyl (C=O) groups excluding carboxylic acids is 1. The largest absolute Gasteiger partial charge is 0.338 e. The van der Waals surface area contributed by atoms with Crippen LogP contribution in [0, 0.1) is 12.7 Å². The SMILES string of the molecule is Cc1cccc(C(=O)N2CCCC(c3nnc(-c4ccccc4F)s3)C2)c1. The van der Waals surface area contributed by atoms with Crippen molar-refractivity contribution in [1.82, 2.24) is 15.1 Å². The van der Waals surface area contributed by atoms with Crippen molar-refractivity contribution in [1.29, 1.82) is 0 Å². The lowest BCUT2D eigenvalue weighted by Crippen LogP contribution is -2.39. The van der Waals surface area contributed by atoms with Gasteiger partial charge in [0.25, 0.3) is 5.91 Å². The molecule has 1 aliphatic rings. The van der Waals surface area contributed by atoms with Crippen LogP contribution in [0.1, 0.15) is 39.7 Å². The maximum absolute atomic E-state index is 14.0. The summed E-state index contributed by atoms with van der Waals surface area (Å²) in [6, 6.07) is 14.3. The third-order valence-corrected chi connectivity index (χ3v) is 5.99. The molecular weight excluding hydrogens is 361 g/mol. The van der Waals surface area contributed by atoms with E-state index in [0.29, 0.717) is 17.1 Å². The molecule has 0 aliphatic carbocycles. The first-order valence-electron chi connectivity index (χ1n) is 9.06. The van der Waals surface area contributed by atoms with Gasteiger partial charge < -0.3 is 4.90 Å². The van der Waals surface area contributed by atoms with Gasteiger partial charge in [0.05, 0.1) is 0 Å². The first-order valence-corrected chi connectivity index (χ1v) is 9.88. The monoisotopic (exact) mass is 381 g/mol. The summed E-state index contributed by atoms with van der Waals surface area (Å²) in [6.45, 7) is 3.36. The van der Waals surface area contributed by atoms with Gasteiger partial charge in [0, 0.05) is 30.1 Å². The Labute approximate surface area is 161 Å². The van der Waals surface area contributed by atoms with Gasteiger partial charge in [-0.1, -0.05) is 41.2 Å². The van der Waals surface area contributed by atoms with Crippen molar-refractivity contribution in [2.75, 3.05) is 13.1 Å². The molecule has 0 N–H and O–H groups in total. The molecule has 138 valence electrons. The van der Waals surface area contributed by atoms with E-state index < -0.39 is 0 Å². The van der Waals surface area contributed by atoms with Crippen molar-refractivity contribution in [3.8, 4) is 10.6 Å². The number of halogens is 1. The Morgan fingerprint density at radius 3 is 2.85 bits per heavy atom. The third-order valence-electron chi connectivity index (χ3n) is 4.87. The van der Waals surface area contributed by atoms with Crippen LogP contribution in [-0.4, -0.2) is 34.1 Å². The summed E-state index contributed by atoms with van der Waals surface area (Å²) >= 11 is 1.42. The third kappa shape index (κ3) is 3.76. The molecule has 27 heavy (non-hydrogen) atoms. The van der Waals surface area contributed by atoms with E-state index in [4.69, 9.17) is 0 Å². The van der Waals surface area contributed by atoms with Gasteiger partial charge in [0.1, 0.15) is 10.8 Å². The van der Waals surface area contributed by atoms with E-state index in [1.165, 1.54) is 17.4 Å². The second kappa shape index (κ2) is 7.56. The maximum atomic E-state index is 14.0. The summed E-state index contributed by atoms with van der Waals surface area (Å²) in [7, 11) is 0. The molecule has 4 nitrogen and oxygen atoms in total. The van der Waals surface area contributed by atoms with Crippen molar-refractivity contribution >= 4 is 17.2 Å². The van der Waals surface area contributed by atoms with Crippen molar-refractivity contribution in [2.45, 2.75) is 25.7 Å². The zero-order valence-corrected chi connectivity index (χ0v) is 15.9. The molecule has 0 saturated carbocycles. The van der Waals surface area contributed by atoms with E-state index in [2.05, 4.69) is 10.2 Å². The highest BCUT2D eigenvalue weighted by atomic mass is 32.1. The highest BCUT2D eigenvalue weighted by Crippen LogP contribution is 2.33. The number of rotatable bonds is 3. The van der Waals surface area contributed by atoms with Gasteiger partial charge in [-0.15, -0.1) is 10.2 Å². The number of likely N-dealkylation sites (tertiary alicyclic amines) is 1. The highest BCUT2D eigenvalue weighted by molar-refractivity contribution is 7.14. The lowest BCUT2D eigenvalue weighted by molar-refractivity contribution is 0.0706. The van der Waals surface area contributed by atoms with Crippen LogP contribution in [0.3, 0.4) is 0 Å². The first-order chi connectivity index (χ1) is 13.1. The van der Waals surface area contributed by atoms with Gasteiger partial charge in [0.15, 0.2) is 5.01 Å². The van der Waals surface area contributed by atoms with Crippen LogP contribution >= 0.6 is 11.3 Å². The summed E-state index contributed by atoms with van der Waals surface area (Å²) in [6.07, 6.45) is 1.89. The fourth-order valence-corrected chi connectivity index (χ4v) is 4.46. The van der Waals surface area contributed by atoms with E-state index in [9.17, 15) is 9.18 Å². The van der Waals surface area contributed by atoms with Crippen LogP contribution in [0.25, 0.3) is 10.6 Å². The van der Waals surface area contributed by atoms with Crippen molar-refractivity contribution < 1.29 is 9.18 Å². The van der Waals surface area contributed by atoms with E-state index in [0.717, 1.165) is 35.5 Å². The predicted octanol–water partition coefficient (Wildman–Crippen LogP) is 4.67. The highest BCUT2D eigenvalue weighted by Gasteiger charge is 2.28. The number of hydrogen-bond acceptors (Lipinski definition) is 4. The minimum atomic E-state index is -0.292. The Balaban J connectivity index is 1.52. The molecule has 1 aliphatic heterocycles. The van der Waals surface area contributed by atoms with Crippen molar-refractivity contribution in [3.63, 3.8) is 0 Å². The van der Waals surface area contributed by atoms with E-state index in [1.54, 1.807) is 18.2 Å². The molecule has 0 radical (unpaired) electrons. The molecule has 1 saturated heterocycles. The summed E-state index contributed by atoms with van der Waals surface area (Å²) in [5.41, 5.74) is 2.28. The van der Waals surface area contributed by atoms with Crippen LogP contribution < -0.4 is 0 Å². The zero-order chi connectivity index (χ0) is 18.8. The van der Waals surface area contributed by atoms with Crippen molar-refractivity contribution in [3.05, 3.63) is 70.5 Å². The molecule has 3 aromatic rings. The average molecular weight is 381 g/mol. The van der Waals surface area contributed by atoms with Gasteiger partial charge in [-0.2, -0.15) is 0 Å². The predicted molar refractivity (Wildman–Crippen MR) is 104 cm³/mol. The molecule has 2 aromatic carbocycles. The second-order valence-corrected chi connectivity index (χ2v) is 7.89. The number of aromatic nitrogens is 2. The van der Waals surface area contributed by atoms with Gasteiger partial charge in [0.2, 0.25) is 0 Å². The van der Waals surface area contributed by atoms with Crippen LogP contribution in [-0.2, 0) is 0 Å². The van der Waals surface area contributed by atoms with Crippen LogP contribution in [0.2, 0.25) is 0 Å². The molecule has 0 bridgehead atoms. The summed E-state index contributed by atoms with van der Waals surface area (Å²) < 4.78 is 14.0. The summed E-state index contributed by atoms with van der Waals surface area (Å²) in [5, 5.41) is 9.95. The molecule has 1 unspecified atom stereocenters. The lowest BCUT2D eigenvalue weighted by Gasteiger charge is -2.31. The van der Waals surface area contributed by atoms with Crippen LogP contribution in [0.4, 0.5) is 4.39 Å². The van der Waals surface area contributed by atoms with Crippen molar-refractivity contribution in [2.24, 2.45) is 0 Å². The Bertz CT molecular complexity index is 971. The number of carbonyl (C=O) groups is 1. The molecule has 1 atom stereocenters. The smallest absolute Gasteiger partial charge is 0.253 e. The Morgan fingerprint density at radius 2 is 2.04 bits per heavy atom. The standard InChI is InChI=1S/C21H20FN3OS/c1-14-6-4-7-15(12-14)21(26)25-11-5-8-16(13-25)19-23-24-20(27-19)17-9-2-3-10-18(17)22/h2-4,6-7,9-10,12,16H,5,8,11,13H2,1H3. The molecule has 0 spiro atoms. The number of hydrogen-bond donors (Lipinski definition) is 0. The molecule has 1 amide bonds. The Kier molecular flexibility index (Phi) is 4.99. The number of benzene rings is 2. The molecule has 6 heteroatoms. The van der Waals surface area contributed by atoms with Gasteiger partial charge in [-0.3, -0.25) is 4.79 Å². The summed E-state index contributed by atoms with van der Waals surface area (Å²) in [4.78, 5) is 14.7. The lowest BCUT2D eigenvalue weighted by atomic mass is 9.98. The van der Waals surface area contributed by atoms with E-state index in [-0.39, 0.29) is 17.6 Å². The van der Waals surface area contributed by atoms with Gasteiger partial charge in [-0.05, 0) is 44.0 Å². The average Bonchev–Trinajstić information content (AvgIpc) is 3.18. The number of piperidine rings is 1. The fourth-order valence-electron chi connectivity index (χ4n) is 3.47. The molecule has 2 heterocycles. The number of amides is 1. The molecular formula is C21H20FN3OS. The zero-order valence-electron chi connectivity index (χ0n) is 15.1. The topological polar surface area (TPSA) is 46.1 Å². The molecule has 1 fully saturated rings. The van der Waals surface area contributed by atoms with Gasteiger partial charge >= 0.3 is 0 Å². The minimum absolute atomic E-state index is 0.0576. The van der Waals surface area contributed by atoms with Crippen LogP contribution in [0.5, 0.6) is 0 Å². The fraction of sp³-hybridized carbons (Fsp3) is 0.286. The first kappa shape index (κ1) is 17.8. The number of aryl methyl sites for hydroxylation is 1. The van der Waals surface area contributed by atoms with Crippen LogP contribution in [0.15, 0.2) is 48.5 Å². The second-order valence-electron chi connectivity index (χ2n) is 6.89. The minimum Gasteiger partial charge on any atom is -0.338 e.